The minimum absolute atomic E-state index is 0.180. The van der Waals surface area contributed by atoms with Gasteiger partial charge in [0.2, 0.25) is 5.92 Å². The topological polar surface area (TPSA) is 46.6 Å². The summed E-state index contributed by atoms with van der Waals surface area (Å²) in [5, 5.41) is 0.215. The van der Waals surface area contributed by atoms with Gasteiger partial charge in [-0.15, -0.1) is 6.42 Å². The molecule has 1 fully saturated rings. The Labute approximate surface area is 143 Å². The highest BCUT2D eigenvalue weighted by atomic mass is 35.5. The van der Waals surface area contributed by atoms with E-state index in [-0.39, 0.29) is 23.6 Å². The van der Waals surface area contributed by atoms with Gasteiger partial charge in [0.15, 0.2) is 0 Å². The van der Waals surface area contributed by atoms with Crippen molar-refractivity contribution in [2.45, 2.75) is 37.1 Å². The number of benzene rings is 1. The number of aldehydes is 1. The number of carbonyl (C=O) groups excluding carboxylic acids is 2. The molecule has 1 aromatic rings. The van der Waals surface area contributed by atoms with Crippen LogP contribution in [-0.4, -0.2) is 30.8 Å². The Morgan fingerprint density at radius 1 is 1.38 bits per heavy atom. The van der Waals surface area contributed by atoms with E-state index in [1.165, 1.54) is 25.3 Å². The molecule has 1 saturated carbocycles. The van der Waals surface area contributed by atoms with E-state index in [9.17, 15) is 18.4 Å². The van der Waals surface area contributed by atoms with Crippen molar-refractivity contribution in [2.75, 3.05) is 12.0 Å². The summed E-state index contributed by atoms with van der Waals surface area (Å²) in [6.45, 7) is 0. The van der Waals surface area contributed by atoms with Gasteiger partial charge in [0, 0.05) is 18.5 Å². The van der Waals surface area contributed by atoms with Gasteiger partial charge in [0.25, 0.3) is 0 Å². The molecule has 0 atom stereocenters. The van der Waals surface area contributed by atoms with Gasteiger partial charge < -0.3 is 9.53 Å². The van der Waals surface area contributed by atoms with E-state index in [0.717, 1.165) is 4.90 Å². The fraction of sp³-hybridized carbons (Fsp3) is 0.412. The number of nitrogens with zero attached hydrogens (tertiary/aromatic N) is 1. The number of terminal acetylenes is 1. The van der Waals surface area contributed by atoms with Crippen LogP contribution in [0.25, 0.3) is 0 Å². The molecule has 0 radical (unpaired) electrons. The third kappa shape index (κ3) is 3.36. The molecule has 0 N–H and O–H groups in total. The van der Waals surface area contributed by atoms with Crippen LogP contribution < -0.4 is 9.64 Å². The van der Waals surface area contributed by atoms with E-state index in [4.69, 9.17) is 22.8 Å². The lowest BCUT2D eigenvalue weighted by Gasteiger charge is -2.43. The van der Waals surface area contributed by atoms with E-state index in [1.54, 1.807) is 0 Å². The highest BCUT2D eigenvalue weighted by molar-refractivity contribution is 6.32. The summed E-state index contributed by atoms with van der Waals surface area (Å²) in [4.78, 5) is 25.1. The van der Waals surface area contributed by atoms with E-state index in [0.29, 0.717) is 12.0 Å². The minimum atomic E-state index is -2.85. The third-order valence-electron chi connectivity index (χ3n) is 4.23. The monoisotopic (exact) mass is 355 g/mol. The molecular weight excluding hydrogens is 340 g/mol. The first-order valence-electron chi connectivity index (χ1n) is 7.27. The third-order valence-corrected chi connectivity index (χ3v) is 4.53. The number of hydrogen-bond acceptors (Lipinski definition) is 3. The van der Waals surface area contributed by atoms with Gasteiger partial charge in [0.1, 0.15) is 17.6 Å². The lowest BCUT2D eigenvalue weighted by molar-refractivity contribution is -0.124. The Hall–Kier alpha value is -2.13. The maximum atomic E-state index is 13.5. The van der Waals surface area contributed by atoms with Crippen molar-refractivity contribution in [3.05, 3.63) is 23.2 Å². The Morgan fingerprint density at radius 3 is 2.46 bits per heavy atom. The molecule has 0 heterocycles. The number of methoxy groups -OCH3 is 1. The molecule has 0 aliphatic heterocycles. The Morgan fingerprint density at radius 2 is 2.00 bits per heavy atom. The molecule has 2 rings (SSSR count). The number of ether oxygens (including phenoxy) is 1. The number of carbonyl (C=O) groups is 2. The lowest BCUT2D eigenvalue weighted by Crippen LogP contribution is -2.56. The van der Waals surface area contributed by atoms with Crippen LogP contribution in [0.4, 0.5) is 14.5 Å². The molecule has 24 heavy (non-hydrogen) atoms. The minimum Gasteiger partial charge on any atom is -0.495 e. The van der Waals surface area contributed by atoms with E-state index < -0.39 is 30.2 Å². The van der Waals surface area contributed by atoms with Gasteiger partial charge >= 0.3 is 5.91 Å². The molecule has 0 unspecified atom stereocenters. The van der Waals surface area contributed by atoms with Crippen LogP contribution in [-0.2, 0) is 9.59 Å². The Balaban J connectivity index is 2.49. The van der Waals surface area contributed by atoms with E-state index in [2.05, 4.69) is 0 Å². The first-order valence-corrected chi connectivity index (χ1v) is 7.65. The highest BCUT2D eigenvalue weighted by Gasteiger charge is 2.48. The summed E-state index contributed by atoms with van der Waals surface area (Å²) in [5.41, 5.74) is -1.15. The number of amides is 1. The molecule has 7 heteroatoms. The lowest BCUT2D eigenvalue weighted by atomic mass is 9.79. The zero-order valence-corrected chi connectivity index (χ0v) is 13.8. The standard InChI is InChI=1S/C17H16ClF2NO3/c1-3-15(23)21(12-4-5-14(24-2)13(18)10-12)16(11-22)6-8-17(19,20)9-7-16/h1,4-5,10-11H,6-9H2,2H3. The summed E-state index contributed by atoms with van der Waals surface area (Å²) in [7, 11) is 1.43. The van der Waals surface area contributed by atoms with Crippen LogP contribution in [0.2, 0.25) is 5.02 Å². The van der Waals surface area contributed by atoms with E-state index >= 15 is 0 Å². The summed E-state index contributed by atoms with van der Waals surface area (Å²) in [5.74, 6) is -1.30. The van der Waals surface area contributed by atoms with Crippen LogP contribution in [0.1, 0.15) is 25.7 Å². The van der Waals surface area contributed by atoms with Gasteiger partial charge in [-0.05, 0) is 37.0 Å². The van der Waals surface area contributed by atoms with Crippen LogP contribution in [0.15, 0.2) is 18.2 Å². The number of anilines is 1. The van der Waals surface area contributed by atoms with Crippen molar-refractivity contribution in [3.63, 3.8) is 0 Å². The van der Waals surface area contributed by atoms with Crippen molar-refractivity contribution in [3.8, 4) is 18.1 Å². The van der Waals surface area contributed by atoms with Crippen molar-refractivity contribution in [2.24, 2.45) is 0 Å². The number of halogens is 3. The molecule has 1 aromatic carbocycles. The maximum absolute atomic E-state index is 13.5. The predicted octanol–water partition coefficient (Wildman–Crippen LogP) is 3.46. The summed E-state index contributed by atoms with van der Waals surface area (Å²) >= 11 is 6.07. The molecule has 1 aliphatic carbocycles. The molecule has 1 amide bonds. The smallest absolute Gasteiger partial charge is 0.303 e. The molecule has 0 saturated heterocycles. The number of alkyl halides is 2. The van der Waals surface area contributed by atoms with Crippen LogP contribution >= 0.6 is 11.6 Å². The maximum Gasteiger partial charge on any atom is 0.303 e. The van der Waals surface area contributed by atoms with Gasteiger partial charge in [-0.25, -0.2) is 8.78 Å². The normalized spacial score (nSPS) is 18.3. The number of rotatable bonds is 4. The molecular formula is C17H16ClF2NO3. The van der Waals surface area contributed by atoms with Crippen LogP contribution in [0.5, 0.6) is 5.75 Å². The van der Waals surface area contributed by atoms with E-state index in [1.807, 2.05) is 5.92 Å². The zero-order chi connectivity index (χ0) is 18.0. The summed E-state index contributed by atoms with van der Waals surface area (Å²) in [6, 6.07) is 4.45. The quantitative estimate of drug-likeness (QED) is 0.614. The fourth-order valence-electron chi connectivity index (χ4n) is 2.88. The molecule has 0 aromatic heterocycles. The fourth-order valence-corrected chi connectivity index (χ4v) is 3.13. The van der Waals surface area contributed by atoms with Crippen molar-refractivity contribution < 1.29 is 23.1 Å². The van der Waals surface area contributed by atoms with Crippen molar-refractivity contribution in [1.82, 2.24) is 0 Å². The largest absolute Gasteiger partial charge is 0.495 e. The molecule has 0 spiro atoms. The second-order valence-electron chi connectivity index (χ2n) is 5.68. The van der Waals surface area contributed by atoms with Crippen LogP contribution in [0, 0.1) is 12.3 Å². The van der Waals surface area contributed by atoms with Crippen molar-refractivity contribution >= 4 is 29.5 Å². The molecule has 1 aliphatic rings. The Kier molecular flexibility index (Phi) is 5.14. The van der Waals surface area contributed by atoms with Gasteiger partial charge in [-0.1, -0.05) is 11.6 Å². The average Bonchev–Trinajstić information content (AvgIpc) is 2.57. The Bertz CT molecular complexity index is 690. The van der Waals surface area contributed by atoms with Gasteiger partial charge in [-0.3, -0.25) is 9.69 Å². The zero-order valence-electron chi connectivity index (χ0n) is 13.0. The van der Waals surface area contributed by atoms with Crippen molar-refractivity contribution in [1.29, 1.82) is 0 Å². The predicted molar refractivity (Wildman–Crippen MR) is 86.5 cm³/mol. The summed E-state index contributed by atoms with van der Waals surface area (Å²) in [6.07, 6.45) is 4.39. The SMILES string of the molecule is C#CC(=O)N(c1ccc(OC)c(Cl)c1)C1(C=O)CCC(F)(F)CC1. The summed E-state index contributed by atoms with van der Waals surface area (Å²) < 4.78 is 32.0. The van der Waals surface area contributed by atoms with Crippen LogP contribution in [0.3, 0.4) is 0 Å². The number of hydrogen-bond donors (Lipinski definition) is 0. The first kappa shape index (κ1) is 18.2. The molecule has 0 bridgehead atoms. The average molecular weight is 356 g/mol. The molecule has 4 nitrogen and oxygen atoms in total. The molecule has 128 valence electrons. The second kappa shape index (κ2) is 6.78. The van der Waals surface area contributed by atoms with Gasteiger partial charge in [-0.2, -0.15) is 0 Å². The van der Waals surface area contributed by atoms with Gasteiger partial charge in [0.05, 0.1) is 12.1 Å². The first-order chi connectivity index (χ1) is 11.3. The highest BCUT2D eigenvalue weighted by Crippen LogP contribution is 2.43. The second-order valence-corrected chi connectivity index (χ2v) is 6.09.